The van der Waals surface area contributed by atoms with E-state index in [1.165, 1.54) is 17.8 Å². The second-order valence-corrected chi connectivity index (χ2v) is 5.28. The third kappa shape index (κ3) is 3.72. The molecule has 0 unspecified atom stereocenters. The lowest BCUT2D eigenvalue weighted by molar-refractivity contribution is 0.100. The van der Waals surface area contributed by atoms with Gasteiger partial charge in [0.25, 0.3) is 5.91 Å². The van der Waals surface area contributed by atoms with Crippen LogP contribution in [0.5, 0.6) is 0 Å². The van der Waals surface area contributed by atoms with E-state index in [1.807, 2.05) is 0 Å². The predicted molar refractivity (Wildman–Crippen MR) is 85.0 cm³/mol. The smallest absolute Gasteiger partial charge is 0.252 e. The number of nitrogens with zero attached hydrogens (tertiary/aromatic N) is 1. The van der Waals surface area contributed by atoms with Gasteiger partial charge in [-0.25, -0.2) is 4.98 Å². The van der Waals surface area contributed by atoms with E-state index in [0.717, 1.165) is 5.56 Å². The first kappa shape index (κ1) is 14.8. The van der Waals surface area contributed by atoms with Crippen molar-refractivity contribution in [3.63, 3.8) is 0 Å². The molecule has 1 amide bonds. The maximum Gasteiger partial charge on any atom is 0.252 e. The van der Waals surface area contributed by atoms with E-state index in [9.17, 15) is 4.79 Å². The second kappa shape index (κ2) is 6.26. The summed E-state index contributed by atoms with van der Waals surface area (Å²) in [5.41, 5.74) is 14.1. The molecule has 21 heavy (non-hydrogen) atoms. The Morgan fingerprint density at radius 3 is 2.52 bits per heavy atom. The number of amides is 1. The summed E-state index contributed by atoms with van der Waals surface area (Å²) in [4.78, 5) is 15.5. The normalized spacial score (nSPS) is 10.6. The zero-order valence-electron chi connectivity index (χ0n) is 12.3. The number of aromatic nitrogens is 1. The molecule has 1 aromatic carbocycles. The van der Waals surface area contributed by atoms with Crippen LogP contribution in [0.3, 0.4) is 0 Å². The fourth-order valence-electron chi connectivity index (χ4n) is 2.02. The Morgan fingerprint density at radius 1 is 1.29 bits per heavy atom. The summed E-state index contributed by atoms with van der Waals surface area (Å²) in [6.07, 6.45) is 1.50. The summed E-state index contributed by atoms with van der Waals surface area (Å²) >= 11 is 0. The van der Waals surface area contributed by atoms with E-state index >= 15 is 0 Å². The van der Waals surface area contributed by atoms with Gasteiger partial charge in [-0.15, -0.1) is 0 Å². The third-order valence-corrected chi connectivity index (χ3v) is 3.28. The zero-order valence-corrected chi connectivity index (χ0v) is 12.3. The van der Waals surface area contributed by atoms with Crippen LogP contribution in [-0.4, -0.2) is 10.9 Å². The number of pyridine rings is 1. The average molecular weight is 284 g/mol. The first-order chi connectivity index (χ1) is 9.97. The lowest BCUT2D eigenvalue weighted by Crippen LogP contribution is -2.16. The lowest BCUT2D eigenvalue weighted by atomic mass is 10.0. The van der Waals surface area contributed by atoms with Crippen LogP contribution < -0.4 is 16.8 Å². The van der Waals surface area contributed by atoms with Gasteiger partial charge in [-0.3, -0.25) is 4.79 Å². The van der Waals surface area contributed by atoms with Gasteiger partial charge in [0.15, 0.2) is 0 Å². The van der Waals surface area contributed by atoms with E-state index in [4.69, 9.17) is 11.5 Å². The Morgan fingerprint density at radius 2 is 1.95 bits per heavy atom. The van der Waals surface area contributed by atoms with Crippen LogP contribution in [0, 0.1) is 0 Å². The van der Waals surface area contributed by atoms with Gasteiger partial charge in [0.2, 0.25) is 0 Å². The van der Waals surface area contributed by atoms with Gasteiger partial charge in [-0.2, -0.15) is 0 Å². The number of benzene rings is 1. The molecule has 0 aliphatic rings. The molecule has 1 heterocycles. The Labute approximate surface area is 124 Å². The lowest BCUT2D eigenvalue weighted by Gasteiger charge is -2.11. The molecule has 0 saturated carbocycles. The minimum atomic E-state index is -0.549. The molecule has 5 N–H and O–H groups in total. The molecule has 0 bridgehead atoms. The van der Waals surface area contributed by atoms with Crippen LogP contribution in [0.2, 0.25) is 0 Å². The summed E-state index contributed by atoms with van der Waals surface area (Å²) in [7, 11) is 0. The minimum absolute atomic E-state index is 0.300. The van der Waals surface area contributed by atoms with Crippen molar-refractivity contribution in [2.75, 3.05) is 11.1 Å². The highest BCUT2D eigenvalue weighted by Crippen LogP contribution is 2.18. The number of hydrogen-bond donors (Lipinski definition) is 3. The average Bonchev–Trinajstić information content (AvgIpc) is 2.46. The number of nitrogens with two attached hydrogens (primary N) is 2. The predicted octanol–water partition coefficient (Wildman–Crippen LogP) is 2.50. The quantitative estimate of drug-likeness (QED) is 0.786. The molecule has 110 valence electrons. The monoisotopic (exact) mass is 284 g/mol. The molecule has 2 aromatic rings. The van der Waals surface area contributed by atoms with Gasteiger partial charge >= 0.3 is 0 Å². The van der Waals surface area contributed by atoms with Crippen molar-refractivity contribution in [1.29, 1.82) is 0 Å². The third-order valence-electron chi connectivity index (χ3n) is 3.28. The fourth-order valence-corrected chi connectivity index (χ4v) is 2.02. The molecule has 0 saturated heterocycles. The van der Waals surface area contributed by atoms with Crippen molar-refractivity contribution >= 4 is 17.4 Å². The van der Waals surface area contributed by atoms with Crippen molar-refractivity contribution in [2.24, 2.45) is 5.73 Å². The van der Waals surface area contributed by atoms with Crippen LogP contribution >= 0.6 is 0 Å². The minimum Gasteiger partial charge on any atom is -0.397 e. The van der Waals surface area contributed by atoms with Crippen LogP contribution in [0.1, 0.15) is 41.3 Å². The van der Waals surface area contributed by atoms with Crippen LogP contribution in [0.25, 0.3) is 0 Å². The molecule has 5 heteroatoms. The summed E-state index contributed by atoms with van der Waals surface area (Å²) in [6.45, 7) is 4.88. The molecule has 1 aromatic heterocycles. The van der Waals surface area contributed by atoms with Crippen molar-refractivity contribution in [1.82, 2.24) is 4.98 Å². The van der Waals surface area contributed by atoms with E-state index in [0.29, 0.717) is 29.5 Å². The fraction of sp³-hybridized carbons (Fsp3) is 0.250. The highest BCUT2D eigenvalue weighted by Gasteiger charge is 2.10. The van der Waals surface area contributed by atoms with Crippen molar-refractivity contribution in [2.45, 2.75) is 26.3 Å². The molecule has 0 spiro atoms. The molecule has 5 nitrogen and oxygen atoms in total. The van der Waals surface area contributed by atoms with Crippen LogP contribution in [0.4, 0.5) is 11.5 Å². The summed E-state index contributed by atoms with van der Waals surface area (Å²) in [6, 6.07) is 9.85. The van der Waals surface area contributed by atoms with Gasteiger partial charge in [-0.05, 0) is 23.1 Å². The Hall–Kier alpha value is -2.56. The number of rotatable bonds is 5. The van der Waals surface area contributed by atoms with E-state index < -0.39 is 5.91 Å². The molecule has 0 atom stereocenters. The largest absolute Gasteiger partial charge is 0.397 e. The number of hydrogen-bond acceptors (Lipinski definition) is 4. The molecular weight excluding hydrogens is 264 g/mol. The molecular formula is C16H20N4O. The van der Waals surface area contributed by atoms with Gasteiger partial charge < -0.3 is 16.8 Å². The Bertz CT molecular complexity index is 635. The highest BCUT2D eigenvalue weighted by molar-refractivity contribution is 5.98. The summed E-state index contributed by atoms with van der Waals surface area (Å²) in [5.74, 6) is 0.407. The van der Waals surface area contributed by atoms with Gasteiger partial charge in [-0.1, -0.05) is 38.1 Å². The van der Waals surface area contributed by atoms with Gasteiger partial charge in [0.1, 0.15) is 5.82 Å². The number of anilines is 2. The Balaban J connectivity index is 2.11. The second-order valence-electron chi connectivity index (χ2n) is 5.28. The standard InChI is InChI=1S/C16H20N4O/c1-10(2)12-5-3-11(4-6-12)8-19-16-14(15(18)21)7-13(17)9-20-16/h3-7,9-10H,8,17H2,1-2H3,(H2,18,21)(H,19,20). The van der Waals surface area contributed by atoms with Crippen molar-refractivity contribution < 1.29 is 4.79 Å². The van der Waals surface area contributed by atoms with E-state index in [1.54, 1.807) is 0 Å². The first-order valence-electron chi connectivity index (χ1n) is 6.85. The molecule has 0 fully saturated rings. The van der Waals surface area contributed by atoms with Crippen LogP contribution in [0.15, 0.2) is 36.5 Å². The zero-order chi connectivity index (χ0) is 15.4. The van der Waals surface area contributed by atoms with E-state index in [2.05, 4.69) is 48.4 Å². The number of carbonyl (C=O) groups excluding carboxylic acids is 1. The number of nitrogen functional groups attached to an aromatic ring is 1. The maximum atomic E-state index is 11.4. The SMILES string of the molecule is CC(C)c1ccc(CNc2ncc(N)cc2C(N)=O)cc1. The number of nitrogens with one attached hydrogen (secondary N) is 1. The topological polar surface area (TPSA) is 94.0 Å². The van der Waals surface area contributed by atoms with Gasteiger partial charge in [0, 0.05) is 6.54 Å². The number of primary amides is 1. The van der Waals surface area contributed by atoms with Gasteiger partial charge in [0.05, 0.1) is 17.4 Å². The maximum absolute atomic E-state index is 11.4. The summed E-state index contributed by atoms with van der Waals surface area (Å²) in [5, 5.41) is 3.12. The molecule has 0 aliphatic carbocycles. The van der Waals surface area contributed by atoms with E-state index in [-0.39, 0.29) is 0 Å². The van der Waals surface area contributed by atoms with Crippen LogP contribution in [-0.2, 0) is 6.54 Å². The highest BCUT2D eigenvalue weighted by atomic mass is 16.1. The van der Waals surface area contributed by atoms with Crippen molar-refractivity contribution in [3.05, 3.63) is 53.2 Å². The number of carbonyl (C=O) groups is 1. The first-order valence-corrected chi connectivity index (χ1v) is 6.85. The molecule has 2 rings (SSSR count). The summed E-state index contributed by atoms with van der Waals surface area (Å²) < 4.78 is 0. The van der Waals surface area contributed by atoms with Crippen molar-refractivity contribution in [3.8, 4) is 0 Å². The molecule has 0 radical (unpaired) electrons. The molecule has 0 aliphatic heterocycles. The Kier molecular flexibility index (Phi) is 4.42.